The lowest BCUT2D eigenvalue weighted by Crippen LogP contribution is -2.17. The summed E-state index contributed by atoms with van der Waals surface area (Å²) in [6.45, 7) is 0.384. The normalized spacial score (nSPS) is 20.4. The highest BCUT2D eigenvalue weighted by atomic mass is 79.9. The van der Waals surface area contributed by atoms with E-state index < -0.39 is 0 Å². The quantitative estimate of drug-likeness (QED) is 0.903. The third-order valence-corrected chi connectivity index (χ3v) is 3.94. The van der Waals surface area contributed by atoms with Crippen molar-refractivity contribution in [3.8, 4) is 5.06 Å². The molecule has 0 bridgehead atoms. The Morgan fingerprint density at radius 3 is 3.07 bits per heavy atom. The van der Waals surface area contributed by atoms with Crippen LogP contribution < -0.4 is 10.1 Å². The van der Waals surface area contributed by atoms with Gasteiger partial charge in [0.05, 0.1) is 11.6 Å². The van der Waals surface area contributed by atoms with E-state index in [0.29, 0.717) is 6.61 Å². The van der Waals surface area contributed by atoms with Gasteiger partial charge in [-0.1, -0.05) is 0 Å². The minimum atomic E-state index is -0.363. The molecule has 0 spiro atoms. The van der Waals surface area contributed by atoms with Crippen LogP contribution in [0.2, 0.25) is 0 Å². The van der Waals surface area contributed by atoms with E-state index in [-0.39, 0.29) is 12.1 Å². The molecule has 0 radical (unpaired) electrons. The number of methoxy groups -OCH3 is 1. The molecule has 1 saturated heterocycles. The minimum absolute atomic E-state index is 0.0484. The molecular formula is C8H8BrNO3S. The zero-order valence-electron chi connectivity index (χ0n) is 7.37. The highest BCUT2D eigenvalue weighted by Crippen LogP contribution is 2.38. The molecule has 0 saturated carbocycles. The summed E-state index contributed by atoms with van der Waals surface area (Å²) in [6, 6.07) is 1.89. The molecule has 1 aliphatic heterocycles. The largest absolute Gasteiger partial charge is 0.486 e. The summed E-state index contributed by atoms with van der Waals surface area (Å²) in [7, 11) is 1.62. The minimum Gasteiger partial charge on any atom is -0.486 e. The van der Waals surface area contributed by atoms with Crippen LogP contribution in [0, 0.1) is 0 Å². The van der Waals surface area contributed by atoms with Gasteiger partial charge in [0.2, 0.25) is 0 Å². The Kier molecular flexibility index (Phi) is 2.64. The van der Waals surface area contributed by atoms with Crippen LogP contribution in [0.1, 0.15) is 10.9 Å². The second-order valence-electron chi connectivity index (χ2n) is 2.78. The number of carbonyl (C=O) groups excluding carboxylic acids is 1. The summed E-state index contributed by atoms with van der Waals surface area (Å²) in [4.78, 5) is 11.8. The summed E-state index contributed by atoms with van der Waals surface area (Å²) in [5.41, 5.74) is 0. The number of hydrogen-bond donors (Lipinski definition) is 1. The second kappa shape index (κ2) is 3.78. The molecule has 1 aromatic heterocycles. The van der Waals surface area contributed by atoms with Gasteiger partial charge in [-0.05, 0) is 22.0 Å². The Labute approximate surface area is 93.3 Å². The van der Waals surface area contributed by atoms with Gasteiger partial charge in [0.25, 0.3) is 0 Å². The number of thiophene rings is 1. The first-order chi connectivity index (χ1) is 6.70. The number of alkyl carbamates (subject to hydrolysis) is 1. The van der Waals surface area contributed by atoms with Crippen LogP contribution in [0.5, 0.6) is 5.06 Å². The average molecular weight is 278 g/mol. The predicted molar refractivity (Wildman–Crippen MR) is 55.8 cm³/mol. The maximum atomic E-state index is 10.8. The number of rotatable bonds is 2. The van der Waals surface area contributed by atoms with Crippen molar-refractivity contribution in [1.82, 2.24) is 5.32 Å². The van der Waals surface area contributed by atoms with E-state index in [9.17, 15) is 4.79 Å². The van der Waals surface area contributed by atoms with E-state index in [4.69, 9.17) is 9.47 Å². The van der Waals surface area contributed by atoms with Crippen LogP contribution in [0.3, 0.4) is 0 Å². The standard InChI is InChI=1S/C8H8BrNO3S/c1-12-7-4(9)2-6(14-7)5-3-13-8(11)10-5/h2,5H,3H2,1H3,(H,10,11). The van der Waals surface area contributed by atoms with Gasteiger partial charge < -0.3 is 14.8 Å². The van der Waals surface area contributed by atoms with Gasteiger partial charge in [-0.2, -0.15) is 0 Å². The van der Waals surface area contributed by atoms with Gasteiger partial charge in [-0.15, -0.1) is 11.3 Å². The Morgan fingerprint density at radius 1 is 1.79 bits per heavy atom. The van der Waals surface area contributed by atoms with E-state index in [1.54, 1.807) is 7.11 Å². The van der Waals surface area contributed by atoms with Crippen LogP contribution in [-0.4, -0.2) is 19.8 Å². The number of hydrogen-bond acceptors (Lipinski definition) is 4. The summed E-state index contributed by atoms with van der Waals surface area (Å²) in [6.07, 6.45) is -0.363. The van der Waals surface area contributed by atoms with Crippen LogP contribution in [0.25, 0.3) is 0 Å². The van der Waals surface area contributed by atoms with Crippen molar-refractivity contribution in [1.29, 1.82) is 0 Å². The summed E-state index contributed by atoms with van der Waals surface area (Å²) >= 11 is 4.87. The van der Waals surface area contributed by atoms with Crippen LogP contribution >= 0.6 is 27.3 Å². The van der Waals surface area contributed by atoms with E-state index in [0.717, 1.165) is 14.4 Å². The molecule has 0 aliphatic carbocycles. The van der Waals surface area contributed by atoms with Gasteiger partial charge in [0.1, 0.15) is 12.6 Å². The maximum Gasteiger partial charge on any atom is 0.407 e. The molecule has 0 aromatic carbocycles. The summed E-state index contributed by atoms with van der Waals surface area (Å²) < 4.78 is 10.8. The Balaban J connectivity index is 2.20. The molecule has 1 N–H and O–H groups in total. The molecule has 1 amide bonds. The van der Waals surface area contributed by atoms with Crippen LogP contribution in [0.15, 0.2) is 10.5 Å². The zero-order chi connectivity index (χ0) is 10.1. The second-order valence-corrected chi connectivity index (χ2v) is 4.68. The zero-order valence-corrected chi connectivity index (χ0v) is 9.78. The SMILES string of the molecule is COc1sc(C2COC(=O)N2)cc1Br. The number of halogens is 1. The molecule has 2 heterocycles. The molecule has 1 fully saturated rings. The lowest BCUT2D eigenvalue weighted by atomic mass is 10.3. The summed E-state index contributed by atoms with van der Waals surface area (Å²) in [5.74, 6) is 0. The first-order valence-corrected chi connectivity index (χ1v) is 5.58. The van der Waals surface area contributed by atoms with E-state index in [1.165, 1.54) is 11.3 Å². The molecule has 2 rings (SSSR count). The van der Waals surface area contributed by atoms with Crippen molar-refractivity contribution in [2.45, 2.75) is 6.04 Å². The van der Waals surface area contributed by atoms with Crippen molar-refractivity contribution in [2.24, 2.45) is 0 Å². The number of amides is 1. The third kappa shape index (κ3) is 1.72. The number of carbonyl (C=O) groups is 1. The Bertz CT molecular complexity index is 365. The van der Waals surface area contributed by atoms with Crippen molar-refractivity contribution < 1.29 is 14.3 Å². The topological polar surface area (TPSA) is 47.6 Å². The van der Waals surface area contributed by atoms with Crippen molar-refractivity contribution in [3.05, 3.63) is 15.4 Å². The highest BCUT2D eigenvalue weighted by Gasteiger charge is 2.26. The molecule has 76 valence electrons. The van der Waals surface area contributed by atoms with Gasteiger partial charge in [0.15, 0.2) is 5.06 Å². The van der Waals surface area contributed by atoms with Gasteiger partial charge in [-0.3, -0.25) is 0 Å². The van der Waals surface area contributed by atoms with Gasteiger partial charge in [-0.25, -0.2) is 4.79 Å². The van der Waals surface area contributed by atoms with Gasteiger partial charge in [0, 0.05) is 4.88 Å². The van der Waals surface area contributed by atoms with Crippen LogP contribution in [-0.2, 0) is 4.74 Å². The molecule has 14 heavy (non-hydrogen) atoms. The maximum absolute atomic E-state index is 10.8. The lowest BCUT2D eigenvalue weighted by Gasteiger charge is -2.01. The molecule has 1 aliphatic rings. The molecule has 4 nitrogen and oxygen atoms in total. The van der Waals surface area contributed by atoms with Crippen molar-refractivity contribution >= 4 is 33.4 Å². The molecule has 1 aromatic rings. The van der Waals surface area contributed by atoms with Crippen molar-refractivity contribution in [2.75, 3.05) is 13.7 Å². The molecule has 6 heteroatoms. The average Bonchev–Trinajstić information content (AvgIpc) is 2.71. The molecule has 1 unspecified atom stereocenters. The number of cyclic esters (lactones) is 1. The summed E-state index contributed by atoms with van der Waals surface area (Å²) in [5, 5.41) is 3.51. The Hall–Kier alpha value is -0.750. The fourth-order valence-corrected chi connectivity index (χ4v) is 2.92. The lowest BCUT2D eigenvalue weighted by molar-refractivity contribution is 0.177. The third-order valence-electron chi connectivity index (χ3n) is 1.88. The fourth-order valence-electron chi connectivity index (χ4n) is 1.22. The molecule has 1 atom stereocenters. The van der Waals surface area contributed by atoms with Crippen LogP contribution in [0.4, 0.5) is 4.79 Å². The van der Waals surface area contributed by atoms with Crippen molar-refractivity contribution in [3.63, 3.8) is 0 Å². The highest BCUT2D eigenvalue weighted by molar-refractivity contribution is 9.10. The monoisotopic (exact) mass is 277 g/mol. The first kappa shape index (κ1) is 9.79. The Morgan fingerprint density at radius 2 is 2.57 bits per heavy atom. The fraction of sp³-hybridized carbons (Fsp3) is 0.375. The number of ether oxygens (including phenoxy) is 2. The molecular weight excluding hydrogens is 270 g/mol. The van der Waals surface area contributed by atoms with Gasteiger partial charge >= 0.3 is 6.09 Å². The van der Waals surface area contributed by atoms with E-state index >= 15 is 0 Å². The first-order valence-electron chi connectivity index (χ1n) is 3.97. The van der Waals surface area contributed by atoms with E-state index in [2.05, 4.69) is 21.2 Å². The smallest absolute Gasteiger partial charge is 0.407 e. The van der Waals surface area contributed by atoms with E-state index in [1.807, 2.05) is 6.07 Å². The number of nitrogens with one attached hydrogen (secondary N) is 1. The predicted octanol–water partition coefficient (Wildman–Crippen LogP) is 2.30.